The summed E-state index contributed by atoms with van der Waals surface area (Å²) in [7, 11) is 1.90. The smallest absolute Gasteiger partial charge is 0.338 e. The highest BCUT2D eigenvalue weighted by molar-refractivity contribution is 5.96. The summed E-state index contributed by atoms with van der Waals surface area (Å²) in [6, 6.07) is 6.20. The predicted molar refractivity (Wildman–Crippen MR) is 114 cm³/mol. The third kappa shape index (κ3) is 7.70. The molecule has 0 spiro atoms. The van der Waals surface area contributed by atoms with Gasteiger partial charge in [0, 0.05) is 12.2 Å². The van der Waals surface area contributed by atoms with Gasteiger partial charge in [0.2, 0.25) is 11.8 Å². The molecule has 0 aromatic heterocycles. The molecule has 1 aliphatic rings. The van der Waals surface area contributed by atoms with Crippen LogP contribution in [0.4, 0.5) is 5.69 Å². The number of nitrogens with one attached hydrogen (secondary N) is 2. The molecule has 0 unspecified atom stereocenters. The van der Waals surface area contributed by atoms with Crippen LogP contribution in [0.1, 0.15) is 36.0 Å². The van der Waals surface area contributed by atoms with Crippen LogP contribution in [0, 0.1) is 0 Å². The molecule has 0 saturated carbocycles. The van der Waals surface area contributed by atoms with E-state index in [-0.39, 0.29) is 37.0 Å². The van der Waals surface area contributed by atoms with Gasteiger partial charge in [-0.25, -0.2) is 4.79 Å². The average Bonchev–Trinajstić information content (AvgIpc) is 3.15. The summed E-state index contributed by atoms with van der Waals surface area (Å²) in [4.78, 5) is 42.0. The maximum absolute atomic E-state index is 12.1. The van der Waals surface area contributed by atoms with E-state index in [9.17, 15) is 14.4 Å². The van der Waals surface area contributed by atoms with Gasteiger partial charge in [-0.2, -0.15) is 0 Å². The van der Waals surface area contributed by atoms with Crippen molar-refractivity contribution < 1.29 is 19.1 Å². The molecule has 0 bridgehead atoms. The van der Waals surface area contributed by atoms with Crippen LogP contribution in [0.5, 0.6) is 0 Å². The second kappa shape index (κ2) is 11.8. The molecule has 1 aromatic carbocycles. The number of hydrogen-bond donors (Lipinski definition) is 4. The molecule has 1 heterocycles. The van der Waals surface area contributed by atoms with Crippen molar-refractivity contribution in [3.63, 3.8) is 0 Å². The zero-order valence-corrected chi connectivity index (χ0v) is 17.2. The second-order valence-corrected chi connectivity index (χ2v) is 7.13. The third-order valence-corrected chi connectivity index (χ3v) is 4.73. The van der Waals surface area contributed by atoms with Gasteiger partial charge in [0.05, 0.1) is 24.8 Å². The lowest BCUT2D eigenvalue weighted by molar-refractivity contribution is -0.127. The number of likely N-dealkylation sites (tertiary alicyclic amines) is 1. The Labute approximate surface area is 176 Å². The number of carbonyl (C=O) groups is 3. The number of guanidine groups is 1. The van der Waals surface area contributed by atoms with E-state index in [1.807, 2.05) is 11.9 Å². The minimum atomic E-state index is -0.442. The Hall–Kier alpha value is -3.14. The first kappa shape index (κ1) is 23.1. The van der Waals surface area contributed by atoms with Crippen molar-refractivity contribution in [3.8, 4) is 0 Å². The lowest BCUT2D eigenvalue weighted by atomic mass is 10.2. The van der Waals surface area contributed by atoms with Crippen molar-refractivity contribution in [1.82, 2.24) is 10.2 Å². The number of ether oxygens (including phenoxy) is 1. The summed E-state index contributed by atoms with van der Waals surface area (Å²) in [5.74, 6) is -0.868. The Bertz CT molecular complexity index is 761. The molecule has 1 aliphatic heterocycles. The summed E-state index contributed by atoms with van der Waals surface area (Å²) >= 11 is 0. The van der Waals surface area contributed by atoms with Crippen molar-refractivity contribution in [2.24, 2.45) is 16.5 Å². The number of amides is 2. The Morgan fingerprint density at radius 3 is 2.57 bits per heavy atom. The Kier molecular flexibility index (Phi) is 9.07. The van der Waals surface area contributed by atoms with Gasteiger partial charge in [0.25, 0.3) is 0 Å². The first-order valence-corrected chi connectivity index (χ1v) is 9.97. The number of nitrogens with zero attached hydrogens (tertiary/aromatic N) is 2. The number of esters is 1. The maximum Gasteiger partial charge on any atom is 0.338 e. The van der Waals surface area contributed by atoms with Crippen LogP contribution < -0.4 is 22.1 Å². The Balaban J connectivity index is 1.69. The molecule has 30 heavy (non-hydrogen) atoms. The van der Waals surface area contributed by atoms with Gasteiger partial charge >= 0.3 is 5.97 Å². The maximum atomic E-state index is 12.1. The Morgan fingerprint density at radius 2 is 1.93 bits per heavy atom. The highest BCUT2D eigenvalue weighted by Gasteiger charge is 2.27. The van der Waals surface area contributed by atoms with E-state index >= 15 is 0 Å². The molecule has 10 nitrogen and oxygen atoms in total. The van der Waals surface area contributed by atoms with Crippen LogP contribution in [-0.4, -0.2) is 68.0 Å². The topological polar surface area (TPSA) is 152 Å². The molecule has 0 aliphatic carbocycles. The number of benzene rings is 1. The summed E-state index contributed by atoms with van der Waals surface area (Å²) in [6.45, 7) is 1.54. The molecule has 1 aromatic rings. The molecule has 2 rings (SSSR count). The molecular formula is C20H30N6O4. The minimum Gasteiger partial charge on any atom is -0.462 e. The second-order valence-electron chi connectivity index (χ2n) is 7.13. The summed E-state index contributed by atoms with van der Waals surface area (Å²) in [6.07, 6.45) is 3.15. The first-order chi connectivity index (χ1) is 14.4. The number of carbonyl (C=O) groups excluding carboxylic acids is 3. The monoisotopic (exact) mass is 418 g/mol. The van der Waals surface area contributed by atoms with E-state index in [2.05, 4.69) is 15.6 Å². The van der Waals surface area contributed by atoms with E-state index in [4.69, 9.17) is 16.2 Å². The number of likely N-dealkylation sites (N-methyl/N-ethyl adjacent to an activating group) is 1. The minimum absolute atomic E-state index is 0.0444. The van der Waals surface area contributed by atoms with Gasteiger partial charge in [-0.05, 0) is 63.5 Å². The molecule has 1 fully saturated rings. The van der Waals surface area contributed by atoms with Gasteiger partial charge < -0.3 is 26.8 Å². The highest BCUT2D eigenvalue weighted by Crippen LogP contribution is 2.14. The van der Waals surface area contributed by atoms with E-state index in [1.54, 1.807) is 24.3 Å². The number of unbranched alkanes of at least 4 members (excludes halogenated alkanes) is 1. The number of hydrogen-bond acceptors (Lipinski definition) is 6. The predicted octanol–water partition coefficient (Wildman–Crippen LogP) is 0.0459. The molecule has 10 heteroatoms. The van der Waals surface area contributed by atoms with Crippen molar-refractivity contribution in [2.75, 3.05) is 38.6 Å². The van der Waals surface area contributed by atoms with Crippen LogP contribution in [0.15, 0.2) is 29.3 Å². The zero-order valence-electron chi connectivity index (χ0n) is 17.2. The molecule has 6 N–H and O–H groups in total. The molecule has 1 saturated heterocycles. The Morgan fingerprint density at radius 1 is 1.20 bits per heavy atom. The largest absolute Gasteiger partial charge is 0.462 e. The van der Waals surface area contributed by atoms with Gasteiger partial charge in [-0.1, -0.05) is 0 Å². The summed E-state index contributed by atoms with van der Waals surface area (Å²) in [5.41, 5.74) is 11.4. The number of rotatable bonds is 10. The number of anilines is 1. The lowest BCUT2D eigenvalue weighted by Crippen LogP contribution is -2.44. The zero-order chi connectivity index (χ0) is 21.9. The third-order valence-electron chi connectivity index (χ3n) is 4.73. The fraction of sp³-hybridized carbons (Fsp3) is 0.500. The van der Waals surface area contributed by atoms with Crippen LogP contribution in [0.25, 0.3) is 0 Å². The quantitative estimate of drug-likeness (QED) is 0.181. The van der Waals surface area contributed by atoms with Crippen molar-refractivity contribution in [1.29, 1.82) is 0 Å². The number of nitrogens with two attached hydrogens (primary N) is 2. The van der Waals surface area contributed by atoms with Gasteiger partial charge in [-0.15, -0.1) is 0 Å². The summed E-state index contributed by atoms with van der Waals surface area (Å²) in [5, 5.41) is 5.35. The van der Waals surface area contributed by atoms with Crippen molar-refractivity contribution in [3.05, 3.63) is 29.8 Å². The van der Waals surface area contributed by atoms with E-state index in [1.165, 1.54) is 0 Å². The van der Waals surface area contributed by atoms with Crippen molar-refractivity contribution >= 4 is 29.4 Å². The van der Waals surface area contributed by atoms with E-state index in [0.29, 0.717) is 30.6 Å². The van der Waals surface area contributed by atoms with E-state index in [0.717, 1.165) is 19.4 Å². The van der Waals surface area contributed by atoms with Gasteiger partial charge in [0.15, 0.2) is 5.96 Å². The standard InChI is InChI=1S/C20H30N6O4/c1-26-11-4-5-16(26)18(28)24-13-17(27)25-15-8-6-14(7-9-15)19(29)30-12-3-2-10-23-20(21)22/h6-9,16H,2-5,10-13H2,1H3,(H,24,28)(H,25,27)(H4,21,22,23)/t16-/m0/s1. The average molecular weight is 418 g/mol. The van der Waals surface area contributed by atoms with Crippen LogP contribution in [0.3, 0.4) is 0 Å². The summed E-state index contributed by atoms with van der Waals surface area (Å²) < 4.78 is 5.19. The van der Waals surface area contributed by atoms with Crippen LogP contribution >= 0.6 is 0 Å². The lowest BCUT2D eigenvalue weighted by Gasteiger charge is -2.18. The van der Waals surface area contributed by atoms with Gasteiger partial charge in [0.1, 0.15) is 0 Å². The fourth-order valence-electron chi connectivity index (χ4n) is 3.09. The van der Waals surface area contributed by atoms with Crippen LogP contribution in [0.2, 0.25) is 0 Å². The molecule has 2 amide bonds. The first-order valence-electron chi connectivity index (χ1n) is 9.97. The van der Waals surface area contributed by atoms with E-state index < -0.39 is 5.97 Å². The van der Waals surface area contributed by atoms with Crippen LogP contribution in [-0.2, 0) is 14.3 Å². The van der Waals surface area contributed by atoms with Gasteiger partial charge in [-0.3, -0.25) is 19.5 Å². The highest BCUT2D eigenvalue weighted by atomic mass is 16.5. The molecule has 164 valence electrons. The van der Waals surface area contributed by atoms with Crippen molar-refractivity contribution in [2.45, 2.75) is 31.7 Å². The number of aliphatic imine (C=N–C) groups is 1. The molecule has 1 atom stereocenters. The molecule has 0 radical (unpaired) electrons. The normalized spacial score (nSPS) is 16.0. The SMILES string of the molecule is CN1CCC[C@H]1C(=O)NCC(=O)Nc1ccc(C(=O)OCCCCN=C(N)N)cc1. The molecular weight excluding hydrogens is 388 g/mol. The fourth-order valence-corrected chi connectivity index (χ4v) is 3.09.